The van der Waals surface area contributed by atoms with Crippen LogP contribution in [0.1, 0.15) is 11.3 Å². The fourth-order valence-electron chi connectivity index (χ4n) is 2.49. The average Bonchev–Trinajstić information content (AvgIpc) is 3.09. The van der Waals surface area contributed by atoms with E-state index in [1.165, 1.54) is 15.0 Å². The molecule has 21 heavy (non-hydrogen) atoms. The van der Waals surface area contributed by atoms with E-state index >= 15 is 0 Å². The van der Waals surface area contributed by atoms with Crippen LogP contribution >= 0.6 is 27.3 Å². The number of nitrogens with zero attached hydrogens (tertiary/aromatic N) is 3. The number of aromatic nitrogens is 2. The minimum Gasteiger partial charge on any atom is -0.481 e. The first-order valence-electron chi connectivity index (χ1n) is 6.82. The summed E-state index contributed by atoms with van der Waals surface area (Å²) in [5, 5.41) is 3.46. The van der Waals surface area contributed by atoms with Gasteiger partial charge in [0.05, 0.1) is 10.9 Å². The molecule has 1 unspecified atom stereocenters. The number of likely N-dealkylation sites (tertiary alicyclic amines) is 1. The van der Waals surface area contributed by atoms with Gasteiger partial charge >= 0.3 is 0 Å². The Bertz CT molecular complexity index is 606. The van der Waals surface area contributed by atoms with E-state index in [0.717, 1.165) is 31.9 Å². The maximum Gasteiger partial charge on any atom is 0.218 e. The van der Waals surface area contributed by atoms with Crippen molar-refractivity contribution in [2.45, 2.75) is 19.0 Å². The van der Waals surface area contributed by atoms with Crippen molar-refractivity contribution in [3.63, 3.8) is 0 Å². The SMILES string of the molecule is COc1cc(NC2CCN(Cc3ccc(Br)s3)C2)ncn1. The molecule has 1 fully saturated rings. The standard InChI is InChI=1S/C14H17BrN4OS/c1-20-14-6-13(16-9-17-14)18-10-4-5-19(7-10)8-11-2-3-12(15)21-11/h2-3,6,9-10H,4-5,7-8H2,1H3,(H,16,17,18). The van der Waals surface area contributed by atoms with Crippen LogP contribution < -0.4 is 10.1 Å². The summed E-state index contributed by atoms with van der Waals surface area (Å²) in [6, 6.07) is 6.55. The first-order chi connectivity index (χ1) is 10.2. The van der Waals surface area contributed by atoms with Crippen LogP contribution in [0.5, 0.6) is 5.88 Å². The first kappa shape index (κ1) is 14.7. The molecule has 1 N–H and O–H groups in total. The zero-order chi connectivity index (χ0) is 14.7. The van der Waals surface area contributed by atoms with E-state index < -0.39 is 0 Å². The van der Waals surface area contributed by atoms with Gasteiger partial charge < -0.3 is 10.1 Å². The minimum atomic E-state index is 0.424. The van der Waals surface area contributed by atoms with Crippen molar-refractivity contribution < 1.29 is 4.74 Å². The van der Waals surface area contributed by atoms with Crippen LogP contribution in [0, 0.1) is 0 Å². The molecule has 0 bridgehead atoms. The molecule has 3 rings (SSSR count). The fourth-order valence-corrected chi connectivity index (χ4v) is 4.02. The van der Waals surface area contributed by atoms with E-state index in [1.54, 1.807) is 18.4 Å². The Labute approximate surface area is 136 Å². The molecule has 0 aliphatic carbocycles. The Morgan fingerprint density at radius 3 is 3.14 bits per heavy atom. The van der Waals surface area contributed by atoms with Crippen molar-refractivity contribution in [3.05, 3.63) is 33.2 Å². The summed E-state index contributed by atoms with van der Waals surface area (Å²) < 4.78 is 6.31. The highest BCUT2D eigenvalue weighted by molar-refractivity contribution is 9.11. The van der Waals surface area contributed by atoms with Gasteiger partial charge in [-0.15, -0.1) is 11.3 Å². The number of methoxy groups -OCH3 is 1. The van der Waals surface area contributed by atoms with E-state index in [9.17, 15) is 0 Å². The lowest BCUT2D eigenvalue weighted by Gasteiger charge is -2.16. The van der Waals surface area contributed by atoms with E-state index in [-0.39, 0.29) is 0 Å². The summed E-state index contributed by atoms with van der Waals surface area (Å²) in [6.45, 7) is 3.15. The molecule has 3 heterocycles. The summed E-state index contributed by atoms with van der Waals surface area (Å²) in [5.41, 5.74) is 0. The Kier molecular flexibility index (Phi) is 4.72. The van der Waals surface area contributed by atoms with Crippen LogP contribution in [0.25, 0.3) is 0 Å². The molecule has 112 valence electrons. The number of nitrogens with one attached hydrogen (secondary N) is 1. The van der Waals surface area contributed by atoms with Crippen molar-refractivity contribution in [2.75, 3.05) is 25.5 Å². The topological polar surface area (TPSA) is 50.3 Å². The highest BCUT2D eigenvalue weighted by Gasteiger charge is 2.23. The molecule has 1 saturated heterocycles. The molecule has 0 radical (unpaired) electrons. The highest BCUT2D eigenvalue weighted by atomic mass is 79.9. The lowest BCUT2D eigenvalue weighted by Crippen LogP contribution is -2.26. The van der Waals surface area contributed by atoms with Gasteiger partial charge in [-0.25, -0.2) is 9.97 Å². The van der Waals surface area contributed by atoms with Crippen LogP contribution in [0.2, 0.25) is 0 Å². The van der Waals surface area contributed by atoms with Gasteiger partial charge in [0.1, 0.15) is 12.1 Å². The van der Waals surface area contributed by atoms with Gasteiger partial charge in [0.25, 0.3) is 0 Å². The van der Waals surface area contributed by atoms with Gasteiger partial charge in [0.15, 0.2) is 0 Å². The first-order valence-corrected chi connectivity index (χ1v) is 8.43. The maximum absolute atomic E-state index is 5.12. The van der Waals surface area contributed by atoms with Gasteiger partial charge in [-0.2, -0.15) is 0 Å². The molecule has 1 aliphatic rings. The number of anilines is 1. The number of hydrogen-bond donors (Lipinski definition) is 1. The Balaban J connectivity index is 1.54. The lowest BCUT2D eigenvalue weighted by atomic mass is 10.2. The Morgan fingerprint density at radius 2 is 2.38 bits per heavy atom. The number of hydrogen-bond acceptors (Lipinski definition) is 6. The van der Waals surface area contributed by atoms with Crippen molar-refractivity contribution in [1.82, 2.24) is 14.9 Å². The summed E-state index contributed by atoms with van der Waals surface area (Å²) in [5.74, 6) is 1.42. The van der Waals surface area contributed by atoms with Crippen molar-refractivity contribution >= 4 is 33.1 Å². The molecule has 5 nitrogen and oxygen atoms in total. The smallest absolute Gasteiger partial charge is 0.218 e. The van der Waals surface area contributed by atoms with E-state index in [2.05, 4.69) is 48.2 Å². The number of rotatable bonds is 5. The number of halogens is 1. The second kappa shape index (κ2) is 6.72. The molecule has 7 heteroatoms. The second-order valence-corrected chi connectivity index (χ2v) is 7.56. The van der Waals surface area contributed by atoms with E-state index in [0.29, 0.717) is 11.9 Å². The van der Waals surface area contributed by atoms with Crippen molar-refractivity contribution in [3.8, 4) is 5.88 Å². The summed E-state index contributed by atoms with van der Waals surface area (Å²) in [6.07, 6.45) is 2.65. The third-order valence-electron chi connectivity index (χ3n) is 3.48. The summed E-state index contributed by atoms with van der Waals surface area (Å²) >= 11 is 5.31. The van der Waals surface area contributed by atoms with Crippen molar-refractivity contribution in [1.29, 1.82) is 0 Å². The van der Waals surface area contributed by atoms with Crippen LogP contribution in [-0.2, 0) is 6.54 Å². The van der Waals surface area contributed by atoms with E-state index in [1.807, 2.05) is 6.07 Å². The molecule has 0 saturated carbocycles. The lowest BCUT2D eigenvalue weighted by molar-refractivity contribution is 0.331. The summed E-state index contributed by atoms with van der Waals surface area (Å²) in [4.78, 5) is 12.1. The molecule has 0 spiro atoms. The van der Waals surface area contributed by atoms with Gasteiger partial charge in [0.2, 0.25) is 5.88 Å². The normalized spacial score (nSPS) is 18.9. The third kappa shape index (κ3) is 3.93. The zero-order valence-electron chi connectivity index (χ0n) is 11.8. The van der Waals surface area contributed by atoms with Crippen molar-refractivity contribution in [2.24, 2.45) is 0 Å². The Hall–Kier alpha value is -1.18. The van der Waals surface area contributed by atoms with Gasteiger partial charge in [-0.1, -0.05) is 0 Å². The third-order valence-corrected chi connectivity index (χ3v) is 5.09. The summed E-state index contributed by atoms with van der Waals surface area (Å²) in [7, 11) is 1.61. The quantitative estimate of drug-likeness (QED) is 0.878. The monoisotopic (exact) mass is 368 g/mol. The maximum atomic E-state index is 5.12. The van der Waals surface area contributed by atoms with Crippen LogP contribution in [-0.4, -0.2) is 41.1 Å². The molecule has 0 aromatic carbocycles. The van der Waals surface area contributed by atoms with E-state index in [4.69, 9.17) is 4.74 Å². The molecule has 1 aliphatic heterocycles. The predicted octanol–water partition coefficient (Wildman–Crippen LogP) is 3.00. The fraction of sp³-hybridized carbons (Fsp3) is 0.429. The number of thiophene rings is 1. The van der Waals surface area contributed by atoms with Crippen LogP contribution in [0.3, 0.4) is 0 Å². The highest BCUT2D eigenvalue weighted by Crippen LogP contribution is 2.25. The van der Waals surface area contributed by atoms with Gasteiger partial charge in [-0.3, -0.25) is 4.90 Å². The molecular formula is C14H17BrN4OS. The predicted molar refractivity (Wildman–Crippen MR) is 87.9 cm³/mol. The second-order valence-electron chi connectivity index (χ2n) is 5.02. The van der Waals surface area contributed by atoms with Gasteiger partial charge in [-0.05, 0) is 34.5 Å². The Morgan fingerprint density at radius 1 is 1.48 bits per heavy atom. The van der Waals surface area contributed by atoms with Crippen LogP contribution in [0.4, 0.5) is 5.82 Å². The molecular weight excluding hydrogens is 352 g/mol. The molecule has 1 atom stereocenters. The molecule has 2 aromatic heterocycles. The average molecular weight is 369 g/mol. The molecule has 2 aromatic rings. The largest absolute Gasteiger partial charge is 0.481 e. The number of ether oxygens (including phenoxy) is 1. The van der Waals surface area contributed by atoms with Crippen LogP contribution in [0.15, 0.2) is 28.3 Å². The molecule has 0 amide bonds. The zero-order valence-corrected chi connectivity index (χ0v) is 14.2. The van der Waals surface area contributed by atoms with Gasteiger partial charge in [0, 0.05) is 36.6 Å². The minimum absolute atomic E-state index is 0.424.